The molecule has 0 saturated heterocycles. The number of nitrogens with zero attached hydrogens (tertiary/aromatic N) is 1. The summed E-state index contributed by atoms with van der Waals surface area (Å²) in [6.07, 6.45) is 0.164. The van der Waals surface area contributed by atoms with Crippen LogP contribution in [0.3, 0.4) is 0 Å². The maximum Gasteiger partial charge on any atom is 0.304 e. The van der Waals surface area contributed by atoms with Crippen molar-refractivity contribution in [2.75, 3.05) is 13.2 Å². The van der Waals surface area contributed by atoms with E-state index in [0.717, 1.165) is 0 Å². The summed E-state index contributed by atoms with van der Waals surface area (Å²) < 4.78 is 5.66. The molecule has 1 aromatic rings. The third kappa shape index (κ3) is 3.33. The van der Waals surface area contributed by atoms with Crippen LogP contribution in [0, 0.1) is 0 Å². The SMILES string of the molecule is CC(C)N(CCC(=O)O)C1COCc2ccccc21. The Morgan fingerprint density at radius 2 is 2.21 bits per heavy atom. The molecule has 0 fully saturated rings. The van der Waals surface area contributed by atoms with E-state index in [1.54, 1.807) is 0 Å². The van der Waals surface area contributed by atoms with E-state index >= 15 is 0 Å². The van der Waals surface area contributed by atoms with Gasteiger partial charge in [-0.3, -0.25) is 9.69 Å². The summed E-state index contributed by atoms with van der Waals surface area (Å²) in [6, 6.07) is 8.70. The average Bonchev–Trinajstić information content (AvgIpc) is 2.38. The van der Waals surface area contributed by atoms with Gasteiger partial charge in [0.2, 0.25) is 0 Å². The van der Waals surface area contributed by atoms with E-state index in [9.17, 15) is 4.79 Å². The lowest BCUT2D eigenvalue weighted by molar-refractivity contribution is -0.137. The molecule has 1 aliphatic rings. The number of aliphatic carboxylic acids is 1. The van der Waals surface area contributed by atoms with Crippen molar-refractivity contribution in [3.05, 3.63) is 35.4 Å². The Hall–Kier alpha value is -1.39. The van der Waals surface area contributed by atoms with Gasteiger partial charge in [-0.25, -0.2) is 0 Å². The van der Waals surface area contributed by atoms with Gasteiger partial charge in [-0.05, 0) is 25.0 Å². The highest BCUT2D eigenvalue weighted by atomic mass is 16.5. The van der Waals surface area contributed by atoms with Crippen molar-refractivity contribution in [2.24, 2.45) is 0 Å². The van der Waals surface area contributed by atoms with Crippen molar-refractivity contribution in [2.45, 2.75) is 39.0 Å². The number of hydrogen-bond acceptors (Lipinski definition) is 3. The van der Waals surface area contributed by atoms with E-state index in [1.807, 2.05) is 12.1 Å². The van der Waals surface area contributed by atoms with E-state index in [1.165, 1.54) is 11.1 Å². The summed E-state index contributed by atoms with van der Waals surface area (Å²) in [6.45, 7) is 6.03. The zero-order chi connectivity index (χ0) is 13.8. The van der Waals surface area contributed by atoms with E-state index < -0.39 is 5.97 Å². The van der Waals surface area contributed by atoms with Gasteiger partial charge in [-0.1, -0.05) is 24.3 Å². The van der Waals surface area contributed by atoms with E-state index in [2.05, 4.69) is 30.9 Å². The Bertz CT molecular complexity index is 445. The molecule has 4 nitrogen and oxygen atoms in total. The fourth-order valence-electron chi connectivity index (χ4n) is 2.63. The number of benzene rings is 1. The highest BCUT2D eigenvalue weighted by Crippen LogP contribution is 2.30. The molecule has 0 bridgehead atoms. The van der Waals surface area contributed by atoms with Crippen LogP contribution in [0.5, 0.6) is 0 Å². The topological polar surface area (TPSA) is 49.8 Å². The Morgan fingerprint density at radius 3 is 2.89 bits per heavy atom. The number of carboxylic acid groups (broad SMARTS) is 1. The summed E-state index contributed by atoms with van der Waals surface area (Å²) >= 11 is 0. The van der Waals surface area contributed by atoms with Gasteiger partial charge in [-0.15, -0.1) is 0 Å². The molecule has 0 saturated carbocycles. The largest absolute Gasteiger partial charge is 0.481 e. The predicted octanol–water partition coefficient (Wildman–Crippen LogP) is 2.44. The maximum atomic E-state index is 10.8. The first-order valence-electron chi connectivity index (χ1n) is 6.72. The van der Waals surface area contributed by atoms with E-state index in [0.29, 0.717) is 25.8 Å². The van der Waals surface area contributed by atoms with Gasteiger partial charge in [-0.2, -0.15) is 0 Å². The van der Waals surface area contributed by atoms with E-state index in [-0.39, 0.29) is 12.5 Å². The number of ether oxygens (including phenoxy) is 1. The summed E-state index contributed by atoms with van der Waals surface area (Å²) in [5, 5.41) is 8.88. The van der Waals surface area contributed by atoms with Crippen LogP contribution in [-0.4, -0.2) is 35.2 Å². The molecule has 1 aliphatic heterocycles. The maximum absolute atomic E-state index is 10.8. The summed E-state index contributed by atoms with van der Waals surface area (Å²) in [5.41, 5.74) is 2.48. The molecule has 1 atom stereocenters. The second kappa shape index (κ2) is 6.17. The lowest BCUT2D eigenvalue weighted by Gasteiger charge is -2.38. The average molecular weight is 263 g/mol. The number of hydrogen-bond donors (Lipinski definition) is 1. The Kier molecular flexibility index (Phi) is 4.56. The van der Waals surface area contributed by atoms with Crippen molar-refractivity contribution < 1.29 is 14.6 Å². The Balaban J connectivity index is 2.20. The van der Waals surface area contributed by atoms with Gasteiger partial charge in [0.15, 0.2) is 0 Å². The molecule has 0 spiro atoms. The van der Waals surface area contributed by atoms with Gasteiger partial charge < -0.3 is 9.84 Å². The Morgan fingerprint density at radius 1 is 1.47 bits per heavy atom. The van der Waals surface area contributed by atoms with Crippen LogP contribution in [0.1, 0.15) is 37.4 Å². The van der Waals surface area contributed by atoms with Crippen LogP contribution in [0.15, 0.2) is 24.3 Å². The van der Waals surface area contributed by atoms with Gasteiger partial charge in [0.05, 0.1) is 25.7 Å². The molecule has 19 heavy (non-hydrogen) atoms. The summed E-state index contributed by atoms with van der Waals surface area (Å²) in [5.74, 6) is -0.754. The lowest BCUT2D eigenvalue weighted by atomic mass is 9.96. The summed E-state index contributed by atoms with van der Waals surface area (Å²) in [4.78, 5) is 13.0. The van der Waals surface area contributed by atoms with Crippen LogP contribution in [0.2, 0.25) is 0 Å². The minimum Gasteiger partial charge on any atom is -0.481 e. The van der Waals surface area contributed by atoms with Gasteiger partial charge in [0.25, 0.3) is 0 Å². The standard InChI is InChI=1S/C15H21NO3/c1-11(2)16(8-7-15(17)18)14-10-19-9-12-5-3-4-6-13(12)14/h3-6,11,14H,7-10H2,1-2H3,(H,17,18). The molecule has 1 heterocycles. The fraction of sp³-hybridized carbons (Fsp3) is 0.533. The van der Waals surface area contributed by atoms with Crippen molar-refractivity contribution in [1.29, 1.82) is 0 Å². The number of fused-ring (bicyclic) bond motifs is 1. The monoisotopic (exact) mass is 263 g/mol. The van der Waals surface area contributed by atoms with Gasteiger partial charge >= 0.3 is 5.97 Å². The molecule has 0 aliphatic carbocycles. The first kappa shape index (κ1) is 14.0. The molecule has 1 aromatic carbocycles. The summed E-state index contributed by atoms with van der Waals surface area (Å²) in [7, 11) is 0. The van der Waals surface area contributed by atoms with E-state index in [4.69, 9.17) is 9.84 Å². The zero-order valence-corrected chi connectivity index (χ0v) is 11.5. The molecule has 1 unspecified atom stereocenters. The zero-order valence-electron chi connectivity index (χ0n) is 11.5. The molecule has 0 aromatic heterocycles. The predicted molar refractivity (Wildman–Crippen MR) is 72.9 cm³/mol. The number of carboxylic acids is 1. The third-order valence-electron chi connectivity index (χ3n) is 3.59. The highest BCUT2D eigenvalue weighted by molar-refractivity contribution is 5.66. The second-order valence-electron chi connectivity index (χ2n) is 5.21. The van der Waals surface area contributed by atoms with Crippen molar-refractivity contribution in [1.82, 2.24) is 4.90 Å². The van der Waals surface area contributed by atoms with Crippen LogP contribution in [-0.2, 0) is 16.1 Å². The smallest absolute Gasteiger partial charge is 0.304 e. The van der Waals surface area contributed by atoms with Crippen molar-refractivity contribution >= 4 is 5.97 Å². The molecular formula is C15H21NO3. The molecule has 0 amide bonds. The molecule has 1 N–H and O–H groups in total. The molecule has 4 heteroatoms. The number of rotatable bonds is 5. The quantitative estimate of drug-likeness (QED) is 0.886. The van der Waals surface area contributed by atoms with Crippen LogP contribution in [0.4, 0.5) is 0 Å². The Labute approximate surface area is 114 Å². The van der Waals surface area contributed by atoms with Crippen molar-refractivity contribution in [3.8, 4) is 0 Å². The highest BCUT2D eigenvalue weighted by Gasteiger charge is 2.28. The normalized spacial score (nSPS) is 18.6. The van der Waals surface area contributed by atoms with Crippen LogP contribution >= 0.6 is 0 Å². The fourth-order valence-corrected chi connectivity index (χ4v) is 2.63. The molecule has 104 valence electrons. The van der Waals surface area contributed by atoms with Crippen LogP contribution in [0.25, 0.3) is 0 Å². The first-order chi connectivity index (χ1) is 9.09. The first-order valence-corrected chi connectivity index (χ1v) is 6.72. The molecular weight excluding hydrogens is 242 g/mol. The minimum absolute atomic E-state index is 0.157. The molecule has 0 radical (unpaired) electrons. The van der Waals surface area contributed by atoms with Crippen molar-refractivity contribution in [3.63, 3.8) is 0 Å². The lowest BCUT2D eigenvalue weighted by Crippen LogP contribution is -2.40. The van der Waals surface area contributed by atoms with Gasteiger partial charge in [0.1, 0.15) is 0 Å². The number of carbonyl (C=O) groups is 1. The molecule has 2 rings (SSSR count). The van der Waals surface area contributed by atoms with Gasteiger partial charge in [0, 0.05) is 12.6 Å². The minimum atomic E-state index is -0.754. The third-order valence-corrected chi connectivity index (χ3v) is 3.59. The second-order valence-corrected chi connectivity index (χ2v) is 5.21. The van der Waals surface area contributed by atoms with Crippen LogP contribution < -0.4 is 0 Å².